The number of nitrogens with zero attached hydrogens (tertiary/aromatic N) is 2. The zero-order valence-electron chi connectivity index (χ0n) is 6.50. The van der Waals surface area contributed by atoms with E-state index in [-0.39, 0.29) is 6.61 Å². The Hall–Kier alpha value is -0.870. The van der Waals surface area contributed by atoms with Crippen LogP contribution in [0, 0.1) is 0 Å². The fourth-order valence-electron chi connectivity index (χ4n) is 0.726. The van der Waals surface area contributed by atoms with Crippen LogP contribution in [0.25, 0.3) is 0 Å². The van der Waals surface area contributed by atoms with E-state index in [0.717, 1.165) is 0 Å². The summed E-state index contributed by atoms with van der Waals surface area (Å²) in [6.07, 6.45) is 2.09. The highest BCUT2D eigenvalue weighted by atomic mass is 35.5. The third-order valence-corrected chi connectivity index (χ3v) is 1.48. The van der Waals surface area contributed by atoms with Gasteiger partial charge in [-0.05, 0) is 6.42 Å². The average molecular weight is 188 g/mol. The van der Waals surface area contributed by atoms with Crippen molar-refractivity contribution in [1.29, 1.82) is 0 Å². The van der Waals surface area contributed by atoms with Crippen LogP contribution in [0.1, 0.15) is 6.42 Å². The lowest BCUT2D eigenvalue weighted by Gasteiger charge is -2.02. The third-order valence-electron chi connectivity index (χ3n) is 1.27. The summed E-state index contributed by atoms with van der Waals surface area (Å²) in [5.41, 5.74) is 0. The number of nitrogens with one attached hydrogen (secondary N) is 1. The summed E-state index contributed by atoms with van der Waals surface area (Å²) in [4.78, 5) is 7.66. The van der Waals surface area contributed by atoms with Crippen molar-refractivity contribution < 1.29 is 5.11 Å². The van der Waals surface area contributed by atoms with Crippen LogP contribution in [-0.2, 0) is 0 Å². The lowest BCUT2D eigenvalue weighted by atomic mass is 10.4. The highest BCUT2D eigenvalue weighted by molar-refractivity contribution is 6.29. The molecular formula is C7H10ClN3O. The second-order valence-corrected chi connectivity index (χ2v) is 2.62. The van der Waals surface area contributed by atoms with E-state index in [1.807, 2.05) is 0 Å². The van der Waals surface area contributed by atoms with E-state index in [9.17, 15) is 0 Å². The van der Waals surface area contributed by atoms with Crippen molar-refractivity contribution in [3.63, 3.8) is 0 Å². The number of hydrogen-bond acceptors (Lipinski definition) is 4. The molecule has 0 atom stereocenters. The first-order valence-corrected chi connectivity index (χ1v) is 4.03. The number of anilines is 1. The first-order valence-electron chi connectivity index (χ1n) is 3.65. The Balaban J connectivity index is 2.41. The molecule has 5 heteroatoms. The predicted octanol–water partition coefficient (Wildman–Crippen LogP) is 0.924. The Morgan fingerprint density at radius 3 is 3.00 bits per heavy atom. The Bertz CT molecular complexity index is 244. The lowest BCUT2D eigenvalue weighted by molar-refractivity contribution is 0.292. The maximum Gasteiger partial charge on any atom is 0.134 e. The minimum Gasteiger partial charge on any atom is -0.396 e. The molecule has 2 N–H and O–H groups in total. The van der Waals surface area contributed by atoms with Gasteiger partial charge in [-0.25, -0.2) is 9.97 Å². The van der Waals surface area contributed by atoms with E-state index in [1.54, 1.807) is 6.07 Å². The van der Waals surface area contributed by atoms with E-state index in [0.29, 0.717) is 23.9 Å². The molecule has 1 aromatic heterocycles. The van der Waals surface area contributed by atoms with Gasteiger partial charge in [0.2, 0.25) is 0 Å². The molecule has 0 spiro atoms. The zero-order valence-corrected chi connectivity index (χ0v) is 7.25. The molecule has 0 saturated carbocycles. The average Bonchev–Trinajstić information content (AvgIpc) is 2.05. The monoisotopic (exact) mass is 187 g/mol. The van der Waals surface area contributed by atoms with Gasteiger partial charge in [-0.15, -0.1) is 0 Å². The maximum atomic E-state index is 8.50. The van der Waals surface area contributed by atoms with Crippen molar-refractivity contribution in [2.75, 3.05) is 18.5 Å². The summed E-state index contributed by atoms with van der Waals surface area (Å²) in [7, 11) is 0. The van der Waals surface area contributed by atoms with E-state index in [1.165, 1.54) is 6.33 Å². The smallest absolute Gasteiger partial charge is 0.134 e. The first-order chi connectivity index (χ1) is 5.83. The standard InChI is InChI=1S/C7H10ClN3O/c8-6-4-7(11-5-10-6)9-2-1-3-12/h4-5,12H,1-3H2,(H,9,10,11). The molecule has 0 unspecified atom stereocenters. The summed E-state index contributed by atoms with van der Waals surface area (Å²) in [6, 6.07) is 1.64. The van der Waals surface area contributed by atoms with Crippen LogP contribution < -0.4 is 5.32 Å². The number of aliphatic hydroxyl groups excluding tert-OH is 1. The molecule has 0 radical (unpaired) electrons. The molecule has 1 rings (SSSR count). The van der Waals surface area contributed by atoms with Gasteiger partial charge in [0.1, 0.15) is 17.3 Å². The van der Waals surface area contributed by atoms with Crippen LogP contribution in [0.5, 0.6) is 0 Å². The Morgan fingerprint density at radius 1 is 1.50 bits per heavy atom. The van der Waals surface area contributed by atoms with E-state index < -0.39 is 0 Å². The van der Waals surface area contributed by atoms with E-state index in [4.69, 9.17) is 16.7 Å². The van der Waals surface area contributed by atoms with Gasteiger partial charge in [0.15, 0.2) is 0 Å². The number of aromatic nitrogens is 2. The number of hydrogen-bond donors (Lipinski definition) is 2. The number of aliphatic hydroxyl groups is 1. The Kier molecular flexibility index (Phi) is 3.76. The SMILES string of the molecule is OCCCNc1cc(Cl)ncn1. The summed E-state index contributed by atoms with van der Waals surface area (Å²) >= 11 is 5.62. The summed E-state index contributed by atoms with van der Waals surface area (Å²) < 4.78 is 0. The molecular weight excluding hydrogens is 178 g/mol. The van der Waals surface area contributed by atoms with Crippen LogP contribution in [0.2, 0.25) is 5.15 Å². The number of rotatable bonds is 4. The Morgan fingerprint density at radius 2 is 2.33 bits per heavy atom. The molecule has 12 heavy (non-hydrogen) atoms. The van der Waals surface area contributed by atoms with Crippen molar-refractivity contribution in [2.24, 2.45) is 0 Å². The van der Waals surface area contributed by atoms with Gasteiger partial charge in [-0.3, -0.25) is 0 Å². The highest BCUT2D eigenvalue weighted by Gasteiger charge is 1.93. The van der Waals surface area contributed by atoms with Crippen LogP contribution >= 0.6 is 11.6 Å². The van der Waals surface area contributed by atoms with Gasteiger partial charge in [0, 0.05) is 19.2 Å². The molecule has 0 saturated heterocycles. The molecule has 0 bridgehead atoms. The van der Waals surface area contributed by atoms with Crippen LogP contribution in [0.15, 0.2) is 12.4 Å². The molecule has 1 heterocycles. The van der Waals surface area contributed by atoms with E-state index in [2.05, 4.69) is 15.3 Å². The molecule has 4 nitrogen and oxygen atoms in total. The molecule has 0 fully saturated rings. The largest absolute Gasteiger partial charge is 0.396 e. The molecule has 0 amide bonds. The van der Waals surface area contributed by atoms with E-state index >= 15 is 0 Å². The second-order valence-electron chi connectivity index (χ2n) is 2.23. The summed E-state index contributed by atoms with van der Waals surface area (Å²) in [6.45, 7) is 0.857. The fraction of sp³-hybridized carbons (Fsp3) is 0.429. The molecule has 1 aromatic rings. The Labute approximate surface area is 75.6 Å². The highest BCUT2D eigenvalue weighted by Crippen LogP contribution is 2.07. The topological polar surface area (TPSA) is 58.0 Å². The minimum atomic E-state index is 0.172. The number of halogens is 1. The predicted molar refractivity (Wildman–Crippen MR) is 47.2 cm³/mol. The third kappa shape index (κ3) is 3.02. The fourth-order valence-corrected chi connectivity index (χ4v) is 0.873. The van der Waals surface area contributed by atoms with Crippen molar-refractivity contribution in [3.05, 3.63) is 17.5 Å². The minimum absolute atomic E-state index is 0.172. The van der Waals surface area contributed by atoms with Crippen molar-refractivity contribution in [3.8, 4) is 0 Å². The zero-order chi connectivity index (χ0) is 8.81. The van der Waals surface area contributed by atoms with Crippen molar-refractivity contribution >= 4 is 17.4 Å². The quantitative estimate of drug-likeness (QED) is 0.544. The van der Waals surface area contributed by atoms with Crippen LogP contribution in [-0.4, -0.2) is 28.2 Å². The first kappa shape index (κ1) is 9.22. The molecule has 0 aliphatic carbocycles. The second kappa shape index (κ2) is 4.90. The van der Waals surface area contributed by atoms with Gasteiger partial charge in [-0.1, -0.05) is 11.6 Å². The van der Waals surface area contributed by atoms with Gasteiger partial charge >= 0.3 is 0 Å². The van der Waals surface area contributed by atoms with Crippen molar-refractivity contribution in [2.45, 2.75) is 6.42 Å². The summed E-state index contributed by atoms with van der Waals surface area (Å²) in [5, 5.41) is 11.9. The van der Waals surface area contributed by atoms with Gasteiger partial charge in [-0.2, -0.15) is 0 Å². The maximum absolute atomic E-state index is 8.50. The normalized spacial score (nSPS) is 9.83. The van der Waals surface area contributed by atoms with Gasteiger partial charge in [0.05, 0.1) is 0 Å². The molecule has 0 aliphatic rings. The van der Waals surface area contributed by atoms with Gasteiger partial charge < -0.3 is 10.4 Å². The summed E-state index contributed by atoms with van der Waals surface area (Å²) in [5.74, 6) is 0.684. The lowest BCUT2D eigenvalue weighted by Crippen LogP contribution is -2.04. The molecule has 66 valence electrons. The van der Waals surface area contributed by atoms with Crippen LogP contribution in [0.3, 0.4) is 0 Å². The van der Waals surface area contributed by atoms with Crippen LogP contribution in [0.4, 0.5) is 5.82 Å². The molecule has 0 aliphatic heterocycles. The molecule has 0 aromatic carbocycles. The van der Waals surface area contributed by atoms with Gasteiger partial charge in [0.25, 0.3) is 0 Å². The van der Waals surface area contributed by atoms with Crippen molar-refractivity contribution in [1.82, 2.24) is 9.97 Å².